The molecule has 0 aliphatic heterocycles. The minimum absolute atomic E-state index is 0.0960. The molecule has 3 aromatic rings. The lowest BCUT2D eigenvalue weighted by Crippen LogP contribution is -2.20. The molecule has 0 saturated heterocycles. The van der Waals surface area contributed by atoms with Gasteiger partial charge in [-0.05, 0) is 111 Å². The van der Waals surface area contributed by atoms with Crippen LogP contribution in [0.4, 0.5) is 11.4 Å². The molecule has 0 radical (unpaired) electrons. The summed E-state index contributed by atoms with van der Waals surface area (Å²) in [6.07, 6.45) is 1.80. The Labute approximate surface area is 193 Å². The molecule has 0 saturated carbocycles. The third-order valence-corrected chi connectivity index (χ3v) is 5.70. The van der Waals surface area contributed by atoms with Crippen molar-refractivity contribution in [2.75, 3.05) is 11.9 Å². The standard InChI is InChI=1S/C24H22Br2N2O2/c1-15-5-4-6-20(9-15)28-23(29)14-30-24-21(25)11-18(12-22(24)26)13-27-19-8-7-16(2)17(3)10-19/h4-13H,14H2,1-3H3,(H,28,29). The molecule has 1 N–H and O–H groups in total. The van der Waals surface area contributed by atoms with Gasteiger partial charge >= 0.3 is 0 Å². The molecule has 0 aliphatic carbocycles. The van der Waals surface area contributed by atoms with Crippen molar-refractivity contribution in [2.24, 2.45) is 4.99 Å². The van der Waals surface area contributed by atoms with Gasteiger partial charge in [0.05, 0.1) is 14.6 Å². The van der Waals surface area contributed by atoms with Crippen LogP contribution in [0.1, 0.15) is 22.3 Å². The molecule has 1 amide bonds. The van der Waals surface area contributed by atoms with E-state index in [-0.39, 0.29) is 12.5 Å². The molecule has 3 rings (SSSR count). The Bertz CT molecular complexity index is 1090. The van der Waals surface area contributed by atoms with E-state index in [1.54, 1.807) is 6.21 Å². The predicted octanol–water partition coefficient (Wildman–Crippen LogP) is 6.90. The topological polar surface area (TPSA) is 50.7 Å². The normalized spacial score (nSPS) is 11.0. The molecule has 0 aromatic heterocycles. The summed E-state index contributed by atoms with van der Waals surface area (Å²) >= 11 is 7.05. The van der Waals surface area contributed by atoms with Crippen LogP contribution in [-0.4, -0.2) is 18.7 Å². The number of carbonyl (C=O) groups excluding carboxylic acids is 1. The molecule has 154 valence electrons. The van der Waals surface area contributed by atoms with Crippen molar-refractivity contribution >= 4 is 55.4 Å². The van der Waals surface area contributed by atoms with Crippen LogP contribution in [0.5, 0.6) is 5.75 Å². The predicted molar refractivity (Wildman–Crippen MR) is 130 cm³/mol. The Morgan fingerprint density at radius 1 is 1.00 bits per heavy atom. The van der Waals surface area contributed by atoms with Crippen LogP contribution in [0.2, 0.25) is 0 Å². The van der Waals surface area contributed by atoms with Gasteiger partial charge in [-0.15, -0.1) is 0 Å². The number of ether oxygens (including phenoxy) is 1. The van der Waals surface area contributed by atoms with E-state index in [9.17, 15) is 4.79 Å². The van der Waals surface area contributed by atoms with Gasteiger partial charge in [-0.1, -0.05) is 18.2 Å². The molecular weight excluding hydrogens is 508 g/mol. The quantitative estimate of drug-likeness (QED) is 0.353. The second kappa shape index (κ2) is 10.0. The van der Waals surface area contributed by atoms with Crippen molar-refractivity contribution in [3.05, 3.63) is 85.8 Å². The Morgan fingerprint density at radius 2 is 1.73 bits per heavy atom. The number of amides is 1. The lowest BCUT2D eigenvalue weighted by molar-refractivity contribution is -0.118. The Hall–Kier alpha value is -2.44. The van der Waals surface area contributed by atoms with Gasteiger partial charge in [-0.3, -0.25) is 9.79 Å². The number of nitrogens with one attached hydrogen (secondary N) is 1. The highest BCUT2D eigenvalue weighted by atomic mass is 79.9. The Kier molecular flexibility index (Phi) is 7.45. The number of aryl methyl sites for hydroxylation is 3. The zero-order valence-corrected chi connectivity index (χ0v) is 20.2. The Morgan fingerprint density at radius 3 is 2.40 bits per heavy atom. The number of carbonyl (C=O) groups is 1. The number of aliphatic imine (C=N–C) groups is 1. The second-order valence-corrected chi connectivity index (χ2v) is 8.76. The second-order valence-electron chi connectivity index (χ2n) is 7.05. The highest BCUT2D eigenvalue weighted by Crippen LogP contribution is 2.34. The van der Waals surface area contributed by atoms with E-state index in [0.717, 1.165) is 31.4 Å². The number of hydrogen-bond acceptors (Lipinski definition) is 3. The van der Waals surface area contributed by atoms with E-state index in [1.165, 1.54) is 11.1 Å². The van der Waals surface area contributed by atoms with Gasteiger partial charge in [-0.25, -0.2) is 0 Å². The number of benzene rings is 3. The summed E-state index contributed by atoms with van der Waals surface area (Å²) in [7, 11) is 0. The summed E-state index contributed by atoms with van der Waals surface area (Å²) in [6, 6.07) is 17.6. The minimum Gasteiger partial charge on any atom is -0.481 e. The van der Waals surface area contributed by atoms with Crippen LogP contribution < -0.4 is 10.1 Å². The van der Waals surface area contributed by atoms with Crippen molar-refractivity contribution < 1.29 is 9.53 Å². The summed E-state index contributed by atoms with van der Waals surface area (Å²) < 4.78 is 7.20. The summed E-state index contributed by atoms with van der Waals surface area (Å²) in [4.78, 5) is 16.8. The summed E-state index contributed by atoms with van der Waals surface area (Å²) in [6.45, 7) is 6.03. The fourth-order valence-electron chi connectivity index (χ4n) is 2.80. The average molecular weight is 530 g/mol. The van der Waals surface area contributed by atoms with Crippen LogP contribution in [0.15, 0.2) is 68.5 Å². The average Bonchev–Trinajstić information content (AvgIpc) is 2.68. The van der Waals surface area contributed by atoms with E-state index in [4.69, 9.17) is 4.74 Å². The van der Waals surface area contributed by atoms with Gasteiger partial charge in [0.25, 0.3) is 5.91 Å². The van der Waals surface area contributed by atoms with E-state index in [1.807, 2.05) is 49.4 Å². The minimum atomic E-state index is -0.222. The Balaban J connectivity index is 1.66. The monoisotopic (exact) mass is 528 g/mol. The van der Waals surface area contributed by atoms with E-state index >= 15 is 0 Å². The maximum absolute atomic E-state index is 12.2. The lowest BCUT2D eigenvalue weighted by atomic mass is 10.1. The fourth-order valence-corrected chi connectivity index (χ4v) is 4.26. The molecule has 0 aliphatic rings. The number of halogens is 2. The first kappa shape index (κ1) is 22.2. The van der Waals surface area contributed by atoms with Crippen molar-refractivity contribution in [3.8, 4) is 5.75 Å². The zero-order chi connectivity index (χ0) is 21.7. The van der Waals surface area contributed by atoms with E-state index < -0.39 is 0 Å². The van der Waals surface area contributed by atoms with E-state index in [2.05, 4.69) is 68.1 Å². The van der Waals surface area contributed by atoms with E-state index in [0.29, 0.717) is 5.75 Å². The molecule has 0 heterocycles. The molecule has 0 unspecified atom stereocenters. The first-order valence-corrected chi connectivity index (χ1v) is 11.0. The number of hydrogen-bond donors (Lipinski definition) is 1. The lowest BCUT2D eigenvalue weighted by Gasteiger charge is -2.12. The van der Waals surface area contributed by atoms with Gasteiger partial charge in [0.2, 0.25) is 0 Å². The van der Waals surface area contributed by atoms with Crippen molar-refractivity contribution in [1.82, 2.24) is 0 Å². The number of rotatable bonds is 6. The molecule has 4 nitrogen and oxygen atoms in total. The van der Waals surface area contributed by atoms with Crippen LogP contribution in [-0.2, 0) is 4.79 Å². The molecule has 30 heavy (non-hydrogen) atoms. The highest BCUT2D eigenvalue weighted by Gasteiger charge is 2.11. The maximum atomic E-state index is 12.2. The fraction of sp³-hybridized carbons (Fsp3) is 0.167. The van der Waals surface area contributed by atoms with Crippen molar-refractivity contribution in [3.63, 3.8) is 0 Å². The molecule has 0 fully saturated rings. The summed E-state index contributed by atoms with van der Waals surface area (Å²) in [5.74, 6) is 0.345. The molecule has 0 atom stereocenters. The van der Waals surface area contributed by atoms with Crippen LogP contribution >= 0.6 is 31.9 Å². The maximum Gasteiger partial charge on any atom is 0.262 e. The van der Waals surface area contributed by atoms with Crippen molar-refractivity contribution in [1.29, 1.82) is 0 Å². The summed E-state index contributed by atoms with van der Waals surface area (Å²) in [5.41, 5.74) is 6.09. The van der Waals surface area contributed by atoms with Crippen LogP contribution in [0, 0.1) is 20.8 Å². The molecular formula is C24H22Br2N2O2. The molecule has 0 spiro atoms. The van der Waals surface area contributed by atoms with Gasteiger partial charge in [0.15, 0.2) is 6.61 Å². The third kappa shape index (κ3) is 6.03. The first-order chi connectivity index (χ1) is 14.3. The largest absolute Gasteiger partial charge is 0.481 e. The van der Waals surface area contributed by atoms with Crippen molar-refractivity contribution in [2.45, 2.75) is 20.8 Å². The molecule has 0 bridgehead atoms. The zero-order valence-electron chi connectivity index (χ0n) is 17.0. The number of nitrogens with zero attached hydrogens (tertiary/aromatic N) is 1. The van der Waals surface area contributed by atoms with Gasteiger partial charge in [0, 0.05) is 11.9 Å². The molecule has 3 aromatic carbocycles. The SMILES string of the molecule is Cc1cccc(NC(=O)COc2c(Br)cc(C=Nc3ccc(C)c(C)c3)cc2Br)c1. The third-order valence-electron chi connectivity index (χ3n) is 4.52. The first-order valence-electron chi connectivity index (χ1n) is 9.41. The molecule has 6 heteroatoms. The number of anilines is 1. The smallest absolute Gasteiger partial charge is 0.262 e. The van der Waals surface area contributed by atoms with Gasteiger partial charge < -0.3 is 10.1 Å². The van der Waals surface area contributed by atoms with Gasteiger partial charge in [-0.2, -0.15) is 0 Å². The van der Waals surface area contributed by atoms with Crippen LogP contribution in [0.25, 0.3) is 0 Å². The van der Waals surface area contributed by atoms with Crippen LogP contribution in [0.3, 0.4) is 0 Å². The van der Waals surface area contributed by atoms with Gasteiger partial charge in [0.1, 0.15) is 5.75 Å². The highest BCUT2D eigenvalue weighted by molar-refractivity contribution is 9.11. The summed E-state index contributed by atoms with van der Waals surface area (Å²) in [5, 5.41) is 2.83.